The molecule has 0 atom stereocenters. The van der Waals surface area contributed by atoms with E-state index in [-0.39, 0.29) is 0 Å². The highest BCUT2D eigenvalue weighted by molar-refractivity contribution is 6.00. The first-order chi connectivity index (χ1) is 38.2. The van der Waals surface area contributed by atoms with Crippen molar-refractivity contribution in [3.63, 3.8) is 0 Å². The molecule has 0 aliphatic heterocycles. The lowest BCUT2D eigenvalue weighted by Crippen LogP contribution is -2.28. The summed E-state index contributed by atoms with van der Waals surface area (Å²) in [5.41, 5.74) is 20.4. The molecule has 0 fully saturated rings. The van der Waals surface area contributed by atoms with Crippen LogP contribution in [0.3, 0.4) is 0 Å². The maximum Gasteiger partial charge on any atom is 0.0714 e. The smallest absolute Gasteiger partial charge is 0.0714 e. The van der Waals surface area contributed by atoms with Crippen molar-refractivity contribution in [2.75, 3.05) is 9.80 Å². The molecule has 0 radical (unpaired) electrons. The summed E-state index contributed by atoms with van der Waals surface area (Å²) in [7, 11) is 0. The zero-order chi connectivity index (χ0) is 51.1. The molecule has 0 saturated carbocycles. The molecule has 77 heavy (non-hydrogen) atoms. The molecule has 0 bridgehead atoms. The molecule has 0 unspecified atom stereocenters. The highest BCUT2D eigenvalue weighted by atomic mass is 15.2. The monoisotopic (exact) mass is 980 g/mol. The molecule has 1 aliphatic carbocycles. The van der Waals surface area contributed by atoms with Crippen LogP contribution in [0.25, 0.3) is 66.1 Å². The Morgan fingerprint density at radius 3 is 1.40 bits per heavy atom. The Morgan fingerprint density at radius 2 is 0.675 bits per heavy atom. The van der Waals surface area contributed by atoms with Crippen LogP contribution >= 0.6 is 0 Å². The van der Waals surface area contributed by atoms with Crippen molar-refractivity contribution in [1.82, 2.24) is 0 Å². The molecule has 1 aliphatic rings. The van der Waals surface area contributed by atoms with Gasteiger partial charge < -0.3 is 9.80 Å². The first-order valence-electron chi connectivity index (χ1n) is 26.6. The Labute approximate surface area is 450 Å². The highest BCUT2D eigenvalue weighted by Crippen LogP contribution is 2.58. The van der Waals surface area contributed by atoms with Crippen LogP contribution in [0.2, 0.25) is 0 Å². The fourth-order valence-corrected chi connectivity index (χ4v) is 12.2. The Bertz CT molecular complexity index is 4240. The minimum absolute atomic E-state index is 0.565. The molecule has 2 heteroatoms. The van der Waals surface area contributed by atoms with Crippen LogP contribution in [0.4, 0.5) is 34.1 Å². The van der Waals surface area contributed by atoms with Crippen LogP contribution in [0, 0.1) is 0 Å². The molecule has 0 heterocycles. The predicted molar refractivity (Wildman–Crippen MR) is 324 cm³/mol. The third-order valence-electron chi connectivity index (χ3n) is 15.7. The zero-order valence-electron chi connectivity index (χ0n) is 42.4. The van der Waals surface area contributed by atoms with E-state index >= 15 is 0 Å². The third kappa shape index (κ3) is 7.98. The average Bonchev–Trinajstić information content (AvgIpc) is 3.92. The SMILES string of the molecule is c1ccc(-c2cc3ccccc3cc2N(c2cccc(-c3cccc(-c4ccccc4N(c4ccccc4)c4ccc5ccccc5c4)c3)c2)c2ccc3c(c2)C(c2ccccc2)(c2ccccc2)c2ccccc2-3)cc1. The van der Waals surface area contributed by atoms with E-state index in [0.29, 0.717) is 0 Å². The predicted octanol–water partition coefficient (Wildman–Crippen LogP) is 20.3. The van der Waals surface area contributed by atoms with Crippen molar-refractivity contribution in [2.24, 2.45) is 0 Å². The van der Waals surface area contributed by atoms with Crippen molar-refractivity contribution in [2.45, 2.75) is 5.41 Å². The van der Waals surface area contributed by atoms with Crippen LogP contribution in [-0.2, 0) is 5.41 Å². The maximum atomic E-state index is 2.50. The minimum atomic E-state index is -0.565. The van der Waals surface area contributed by atoms with Crippen LogP contribution in [0.5, 0.6) is 0 Å². The Morgan fingerprint density at radius 1 is 0.208 bits per heavy atom. The molecular weight excluding hydrogens is 929 g/mol. The first kappa shape index (κ1) is 45.6. The lowest BCUT2D eigenvalue weighted by atomic mass is 9.67. The minimum Gasteiger partial charge on any atom is -0.310 e. The normalized spacial score (nSPS) is 12.3. The van der Waals surface area contributed by atoms with Gasteiger partial charge in [0.2, 0.25) is 0 Å². The van der Waals surface area contributed by atoms with Gasteiger partial charge in [-0.2, -0.15) is 0 Å². The molecule has 14 rings (SSSR count). The van der Waals surface area contributed by atoms with Crippen LogP contribution in [-0.4, -0.2) is 0 Å². The molecule has 2 nitrogen and oxygen atoms in total. The van der Waals surface area contributed by atoms with Gasteiger partial charge in [-0.25, -0.2) is 0 Å². The number of anilines is 6. The van der Waals surface area contributed by atoms with Gasteiger partial charge in [-0.05, 0) is 150 Å². The van der Waals surface area contributed by atoms with E-state index in [9.17, 15) is 0 Å². The van der Waals surface area contributed by atoms with Crippen molar-refractivity contribution in [3.05, 3.63) is 338 Å². The lowest BCUT2D eigenvalue weighted by Gasteiger charge is -2.35. The van der Waals surface area contributed by atoms with Gasteiger partial charge in [-0.15, -0.1) is 0 Å². The van der Waals surface area contributed by atoms with E-state index < -0.39 is 5.41 Å². The van der Waals surface area contributed by atoms with E-state index in [1.807, 2.05) is 0 Å². The van der Waals surface area contributed by atoms with Gasteiger partial charge in [0.15, 0.2) is 0 Å². The van der Waals surface area contributed by atoms with Crippen LogP contribution in [0.1, 0.15) is 22.3 Å². The molecule has 13 aromatic rings. The number of fused-ring (bicyclic) bond motifs is 5. The molecule has 362 valence electrons. The van der Waals surface area contributed by atoms with Gasteiger partial charge >= 0.3 is 0 Å². The molecule has 0 N–H and O–H groups in total. The van der Waals surface area contributed by atoms with E-state index in [1.54, 1.807) is 0 Å². The summed E-state index contributed by atoms with van der Waals surface area (Å²) in [4.78, 5) is 4.89. The number of hydrogen-bond acceptors (Lipinski definition) is 2. The molecule has 13 aromatic carbocycles. The Hall–Kier alpha value is -10.0. The van der Waals surface area contributed by atoms with Crippen LogP contribution in [0.15, 0.2) is 315 Å². The number of rotatable bonds is 11. The lowest BCUT2D eigenvalue weighted by molar-refractivity contribution is 0.768. The largest absolute Gasteiger partial charge is 0.310 e. The fraction of sp³-hybridized carbons (Fsp3) is 0.0133. The van der Waals surface area contributed by atoms with Gasteiger partial charge in [-0.1, -0.05) is 243 Å². The second-order valence-electron chi connectivity index (χ2n) is 20.0. The summed E-state index contributed by atoms with van der Waals surface area (Å²) in [6, 6.07) is 116. The second-order valence-corrected chi connectivity index (χ2v) is 20.0. The van der Waals surface area contributed by atoms with Crippen molar-refractivity contribution in [1.29, 1.82) is 0 Å². The van der Waals surface area contributed by atoms with E-state index in [0.717, 1.165) is 67.5 Å². The Balaban J connectivity index is 0.959. The van der Waals surface area contributed by atoms with Gasteiger partial charge in [0.1, 0.15) is 0 Å². The molecule has 0 aromatic heterocycles. The summed E-state index contributed by atoms with van der Waals surface area (Å²) in [5, 5.41) is 4.80. The van der Waals surface area contributed by atoms with Crippen molar-refractivity contribution in [3.8, 4) is 44.5 Å². The molecule has 0 spiro atoms. The first-order valence-corrected chi connectivity index (χ1v) is 26.6. The topological polar surface area (TPSA) is 6.48 Å². The number of hydrogen-bond donors (Lipinski definition) is 0. The zero-order valence-corrected chi connectivity index (χ0v) is 42.4. The van der Waals surface area contributed by atoms with Crippen molar-refractivity contribution >= 4 is 55.7 Å². The standard InChI is InChI=1S/C75H52N2/c1-5-24-54(25-6-1)70-50-58-27-15-16-28-59(58)51-74(70)77(66-45-46-69-68-40-17-19-41-71(68)75(72(69)52-66,61-32-7-2-8-33-61)62-34-9-3-10-35-62)64-38-22-30-57(49-64)55-29-21-31-60(47-55)67-39-18-20-42-73(67)76(63-36-11-4-12-37-63)65-44-43-53-23-13-14-26-56(53)48-65/h1-52H. The number of nitrogens with zero attached hydrogens (tertiary/aromatic N) is 2. The second kappa shape index (κ2) is 19.4. The van der Waals surface area contributed by atoms with Crippen LogP contribution < -0.4 is 9.80 Å². The summed E-state index contributed by atoms with van der Waals surface area (Å²) in [6.07, 6.45) is 0. The van der Waals surface area contributed by atoms with E-state index in [1.165, 1.54) is 54.9 Å². The van der Waals surface area contributed by atoms with E-state index in [2.05, 4.69) is 325 Å². The van der Waals surface area contributed by atoms with E-state index in [4.69, 9.17) is 0 Å². The molecule has 0 saturated heterocycles. The number of para-hydroxylation sites is 2. The summed E-state index contributed by atoms with van der Waals surface area (Å²) >= 11 is 0. The average molecular weight is 981 g/mol. The number of benzene rings is 13. The summed E-state index contributed by atoms with van der Waals surface area (Å²) in [5.74, 6) is 0. The maximum absolute atomic E-state index is 2.50. The van der Waals surface area contributed by atoms with Gasteiger partial charge in [0, 0.05) is 33.9 Å². The highest BCUT2D eigenvalue weighted by Gasteiger charge is 2.46. The van der Waals surface area contributed by atoms with Crippen molar-refractivity contribution < 1.29 is 0 Å². The fourth-order valence-electron chi connectivity index (χ4n) is 12.2. The quantitative estimate of drug-likeness (QED) is 0.127. The third-order valence-corrected chi connectivity index (χ3v) is 15.7. The van der Waals surface area contributed by atoms with Gasteiger partial charge in [0.25, 0.3) is 0 Å². The molecular formula is C75H52N2. The summed E-state index contributed by atoms with van der Waals surface area (Å²) in [6.45, 7) is 0. The Kier molecular flexibility index (Phi) is 11.5. The van der Waals surface area contributed by atoms with Gasteiger partial charge in [0.05, 0.1) is 16.8 Å². The molecule has 0 amide bonds. The van der Waals surface area contributed by atoms with Gasteiger partial charge in [-0.3, -0.25) is 0 Å². The summed E-state index contributed by atoms with van der Waals surface area (Å²) < 4.78 is 0.